The highest BCUT2D eigenvalue weighted by molar-refractivity contribution is 5.90. The summed E-state index contributed by atoms with van der Waals surface area (Å²) in [7, 11) is 0. The van der Waals surface area contributed by atoms with Gasteiger partial charge < -0.3 is 9.64 Å². The van der Waals surface area contributed by atoms with E-state index in [0.29, 0.717) is 18.2 Å². The van der Waals surface area contributed by atoms with Gasteiger partial charge in [-0.15, -0.1) is 0 Å². The van der Waals surface area contributed by atoms with E-state index in [1.807, 2.05) is 43.3 Å². The molecule has 2 rings (SSSR count). The second kappa shape index (κ2) is 7.64. The molecule has 0 fully saturated rings. The molecule has 0 saturated carbocycles. The highest BCUT2D eigenvalue weighted by atomic mass is 16.5. The molecule has 0 N–H and O–H groups in total. The summed E-state index contributed by atoms with van der Waals surface area (Å²) in [6, 6.07) is 18.3. The average Bonchev–Trinajstić information content (AvgIpc) is 2.53. The number of hydrogen-bond donors (Lipinski definition) is 0. The number of anilines is 1. The smallest absolute Gasteiger partial charge is 0.338 e. The van der Waals surface area contributed by atoms with Crippen LogP contribution in [0.1, 0.15) is 36.7 Å². The van der Waals surface area contributed by atoms with Crippen molar-refractivity contribution < 1.29 is 9.53 Å². The van der Waals surface area contributed by atoms with Crippen LogP contribution >= 0.6 is 0 Å². The van der Waals surface area contributed by atoms with Crippen LogP contribution in [0.3, 0.4) is 0 Å². The molecule has 0 aromatic heterocycles. The maximum atomic E-state index is 11.9. The third-order valence-corrected chi connectivity index (χ3v) is 3.51. The third kappa shape index (κ3) is 4.10. The molecular formula is C19H23NO2. The van der Waals surface area contributed by atoms with Crippen molar-refractivity contribution in [3.8, 4) is 0 Å². The first kappa shape index (κ1) is 16.1. The van der Waals surface area contributed by atoms with Crippen LogP contribution in [0.25, 0.3) is 0 Å². The lowest BCUT2D eigenvalue weighted by Crippen LogP contribution is -2.30. The molecule has 0 radical (unpaired) electrons. The van der Waals surface area contributed by atoms with E-state index in [2.05, 4.69) is 30.9 Å². The minimum Gasteiger partial charge on any atom is -0.462 e. The van der Waals surface area contributed by atoms with Crippen molar-refractivity contribution >= 4 is 11.7 Å². The zero-order chi connectivity index (χ0) is 15.9. The van der Waals surface area contributed by atoms with E-state index in [1.54, 1.807) is 6.07 Å². The first-order chi connectivity index (χ1) is 10.6. The fraction of sp³-hybridized carbons (Fsp3) is 0.316. The van der Waals surface area contributed by atoms with Gasteiger partial charge >= 0.3 is 5.97 Å². The zero-order valence-corrected chi connectivity index (χ0v) is 13.5. The van der Waals surface area contributed by atoms with E-state index in [-0.39, 0.29) is 5.97 Å². The minimum absolute atomic E-state index is 0.271. The standard InChI is InChI=1S/C19H23NO2/c1-4-22-19(21)17-11-8-12-18(13-17)20(15(2)3)14-16-9-6-5-7-10-16/h5-13,15H,4,14H2,1-3H3. The van der Waals surface area contributed by atoms with Gasteiger partial charge in [0.1, 0.15) is 0 Å². The van der Waals surface area contributed by atoms with Gasteiger partial charge in [0.2, 0.25) is 0 Å². The molecule has 2 aromatic carbocycles. The van der Waals surface area contributed by atoms with Crippen LogP contribution in [0.5, 0.6) is 0 Å². The molecule has 0 aliphatic rings. The molecule has 3 nitrogen and oxygen atoms in total. The van der Waals surface area contributed by atoms with E-state index < -0.39 is 0 Å². The van der Waals surface area contributed by atoms with Crippen molar-refractivity contribution in [3.63, 3.8) is 0 Å². The van der Waals surface area contributed by atoms with Crippen LogP contribution in [0.4, 0.5) is 5.69 Å². The Kier molecular flexibility index (Phi) is 5.59. The molecule has 0 saturated heterocycles. The summed E-state index contributed by atoms with van der Waals surface area (Å²) >= 11 is 0. The van der Waals surface area contributed by atoms with Crippen LogP contribution in [0, 0.1) is 0 Å². The lowest BCUT2D eigenvalue weighted by molar-refractivity contribution is 0.0526. The molecule has 0 aliphatic heterocycles. The number of rotatable bonds is 6. The number of carbonyl (C=O) groups excluding carboxylic acids is 1. The average molecular weight is 297 g/mol. The van der Waals surface area contributed by atoms with Crippen molar-refractivity contribution in [1.82, 2.24) is 0 Å². The molecule has 3 heteroatoms. The molecule has 0 amide bonds. The van der Waals surface area contributed by atoms with Crippen molar-refractivity contribution in [3.05, 3.63) is 65.7 Å². The Morgan fingerprint density at radius 2 is 1.82 bits per heavy atom. The third-order valence-electron chi connectivity index (χ3n) is 3.51. The van der Waals surface area contributed by atoms with Gasteiger partial charge in [-0.25, -0.2) is 4.79 Å². The summed E-state index contributed by atoms with van der Waals surface area (Å²) in [6.45, 7) is 7.32. The molecule has 0 heterocycles. The fourth-order valence-corrected chi connectivity index (χ4v) is 2.38. The van der Waals surface area contributed by atoms with Crippen LogP contribution in [0.15, 0.2) is 54.6 Å². The zero-order valence-electron chi connectivity index (χ0n) is 13.5. The Hall–Kier alpha value is -2.29. The Morgan fingerprint density at radius 1 is 1.09 bits per heavy atom. The molecule has 0 atom stereocenters. The van der Waals surface area contributed by atoms with Crippen LogP contribution in [0.2, 0.25) is 0 Å². The van der Waals surface area contributed by atoms with Crippen LogP contribution in [-0.2, 0) is 11.3 Å². The number of esters is 1. The molecule has 0 bridgehead atoms. The van der Waals surface area contributed by atoms with Gasteiger partial charge in [0.25, 0.3) is 0 Å². The maximum Gasteiger partial charge on any atom is 0.338 e. The number of benzene rings is 2. The minimum atomic E-state index is -0.271. The first-order valence-corrected chi connectivity index (χ1v) is 7.69. The van der Waals surface area contributed by atoms with Crippen molar-refractivity contribution in [2.45, 2.75) is 33.4 Å². The predicted molar refractivity (Wildman–Crippen MR) is 90.2 cm³/mol. The van der Waals surface area contributed by atoms with Gasteiger partial charge in [-0.3, -0.25) is 0 Å². The van der Waals surface area contributed by atoms with E-state index >= 15 is 0 Å². The van der Waals surface area contributed by atoms with Gasteiger partial charge in [0.05, 0.1) is 12.2 Å². The van der Waals surface area contributed by atoms with E-state index in [9.17, 15) is 4.79 Å². The summed E-state index contributed by atoms with van der Waals surface area (Å²) in [5, 5.41) is 0. The molecule has 116 valence electrons. The predicted octanol–water partition coefficient (Wildman–Crippen LogP) is 4.28. The van der Waals surface area contributed by atoms with Gasteiger partial charge in [-0.1, -0.05) is 36.4 Å². The van der Waals surface area contributed by atoms with E-state index in [4.69, 9.17) is 4.74 Å². The fourth-order valence-electron chi connectivity index (χ4n) is 2.38. The number of nitrogens with zero attached hydrogens (tertiary/aromatic N) is 1. The number of ether oxygens (including phenoxy) is 1. The number of carbonyl (C=O) groups is 1. The Labute approximate surface area is 132 Å². The molecule has 0 aliphatic carbocycles. The van der Waals surface area contributed by atoms with Crippen molar-refractivity contribution in [1.29, 1.82) is 0 Å². The monoisotopic (exact) mass is 297 g/mol. The molecule has 2 aromatic rings. The SMILES string of the molecule is CCOC(=O)c1cccc(N(Cc2ccccc2)C(C)C)c1. The summed E-state index contributed by atoms with van der Waals surface area (Å²) in [6.07, 6.45) is 0. The van der Waals surface area contributed by atoms with Crippen molar-refractivity contribution in [2.75, 3.05) is 11.5 Å². The summed E-state index contributed by atoms with van der Waals surface area (Å²) in [5.41, 5.74) is 2.88. The highest BCUT2D eigenvalue weighted by Crippen LogP contribution is 2.22. The van der Waals surface area contributed by atoms with Crippen LogP contribution in [-0.4, -0.2) is 18.6 Å². The molecule has 0 unspecified atom stereocenters. The Morgan fingerprint density at radius 3 is 2.45 bits per heavy atom. The highest BCUT2D eigenvalue weighted by Gasteiger charge is 2.14. The van der Waals surface area contributed by atoms with Gasteiger partial charge in [-0.05, 0) is 44.5 Å². The maximum absolute atomic E-state index is 11.9. The van der Waals surface area contributed by atoms with Gasteiger partial charge in [0.15, 0.2) is 0 Å². The molecular weight excluding hydrogens is 274 g/mol. The molecule has 0 spiro atoms. The topological polar surface area (TPSA) is 29.5 Å². The summed E-state index contributed by atoms with van der Waals surface area (Å²) in [5.74, 6) is -0.271. The van der Waals surface area contributed by atoms with Crippen molar-refractivity contribution in [2.24, 2.45) is 0 Å². The lowest BCUT2D eigenvalue weighted by Gasteiger charge is -2.29. The normalized spacial score (nSPS) is 10.5. The van der Waals surface area contributed by atoms with Crippen LogP contribution < -0.4 is 4.90 Å². The Bertz CT molecular complexity index is 608. The first-order valence-electron chi connectivity index (χ1n) is 7.69. The second-order valence-corrected chi connectivity index (χ2v) is 5.48. The quantitative estimate of drug-likeness (QED) is 0.745. The van der Waals surface area contributed by atoms with Gasteiger partial charge in [-0.2, -0.15) is 0 Å². The van der Waals surface area contributed by atoms with E-state index in [0.717, 1.165) is 12.2 Å². The van der Waals surface area contributed by atoms with E-state index in [1.165, 1.54) is 5.56 Å². The largest absolute Gasteiger partial charge is 0.462 e. The summed E-state index contributed by atoms with van der Waals surface area (Å²) < 4.78 is 5.08. The molecule has 22 heavy (non-hydrogen) atoms. The number of hydrogen-bond acceptors (Lipinski definition) is 3. The second-order valence-electron chi connectivity index (χ2n) is 5.48. The summed E-state index contributed by atoms with van der Waals surface area (Å²) in [4.78, 5) is 14.2. The van der Waals surface area contributed by atoms with Gasteiger partial charge in [0, 0.05) is 18.3 Å². The lowest BCUT2D eigenvalue weighted by atomic mass is 10.1. The Balaban J connectivity index is 2.25.